The molecule has 1 saturated heterocycles. The topological polar surface area (TPSA) is 84.5 Å². The number of hydrogen-bond donors (Lipinski definition) is 1. The smallest absolute Gasteiger partial charge is 0.253 e. The number of likely N-dealkylation sites (tertiary alicyclic amines) is 1. The van der Waals surface area contributed by atoms with Gasteiger partial charge in [0.25, 0.3) is 5.91 Å². The van der Waals surface area contributed by atoms with Crippen molar-refractivity contribution in [3.63, 3.8) is 0 Å². The summed E-state index contributed by atoms with van der Waals surface area (Å²) < 4.78 is 11.5. The number of H-pyrrole nitrogens is 1. The molecule has 3 heterocycles. The monoisotopic (exact) mass is 419 g/mol. The molecular formula is C24H25N3O4. The second-order valence-corrected chi connectivity index (χ2v) is 8.36. The number of nitrogens with one attached hydrogen (secondary N) is 1. The van der Waals surface area contributed by atoms with Crippen molar-refractivity contribution in [3.8, 4) is 11.5 Å². The van der Waals surface area contributed by atoms with E-state index >= 15 is 0 Å². The van der Waals surface area contributed by atoms with Gasteiger partial charge in [0.05, 0.1) is 30.8 Å². The van der Waals surface area contributed by atoms with Crippen LogP contribution in [-0.2, 0) is 6.42 Å². The number of aryl methyl sites for hydroxylation is 1. The van der Waals surface area contributed by atoms with Crippen LogP contribution in [0.3, 0.4) is 0 Å². The quantitative estimate of drug-likeness (QED) is 0.699. The van der Waals surface area contributed by atoms with Crippen LogP contribution in [0.1, 0.15) is 52.5 Å². The number of rotatable bonds is 3. The number of Topliss-reactive ketones (excluding diaryl/α,β-unsaturated/α-hetero) is 1. The van der Waals surface area contributed by atoms with Crippen molar-refractivity contribution in [1.29, 1.82) is 0 Å². The first-order valence-electron chi connectivity index (χ1n) is 10.7. The number of hydrogen-bond acceptors (Lipinski definition) is 5. The van der Waals surface area contributed by atoms with E-state index in [-0.39, 0.29) is 11.7 Å². The second-order valence-electron chi connectivity index (χ2n) is 8.36. The van der Waals surface area contributed by atoms with Crippen LogP contribution in [-0.4, -0.2) is 52.6 Å². The predicted octanol–water partition coefficient (Wildman–Crippen LogP) is 3.77. The van der Waals surface area contributed by atoms with Crippen molar-refractivity contribution in [2.24, 2.45) is 0 Å². The lowest BCUT2D eigenvalue weighted by Crippen LogP contribution is -2.52. The van der Waals surface area contributed by atoms with Crippen LogP contribution in [0.15, 0.2) is 36.5 Å². The summed E-state index contributed by atoms with van der Waals surface area (Å²) in [4.78, 5) is 27.9. The molecule has 3 aromatic rings. The molecule has 2 aliphatic rings. The number of fused-ring (bicyclic) bond motifs is 2. The Kier molecular flexibility index (Phi) is 4.68. The van der Waals surface area contributed by atoms with Gasteiger partial charge in [-0.2, -0.15) is 5.10 Å². The number of methoxy groups -OCH3 is 1. The molecule has 7 heteroatoms. The van der Waals surface area contributed by atoms with Crippen molar-refractivity contribution >= 4 is 22.6 Å². The molecule has 2 aromatic carbocycles. The van der Waals surface area contributed by atoms with Gasteiger partial charge in [0.1, 0.15) is 17.1 Å². The summed E-state index contributed by atoms with van der Waals surface area (Å²) in [6, 6.07) is 9.20. The van der Waals surface area contributed by atoms with E-state index in [4.69, 9.17) is 9.47 Å². The fourth-order valence-electron chi connectivity index (χ4n) is 4.71. The van der Waals surface area contributed by atoms with Gasteiger partial charge in [-0.3, -0.25) is 14.7 Å². The van der Waals surface area contributed by atoms with Crippen molar-refractivity contribution < 1.29 is 19.1 Å². The SMILES string of the molecule is CCc1cc(C(=O)N2CCC3(CC2)CC(=O)c2cc(OC)ccc2O3)cc2cn[nH]c12. The maximum Gasteiger partial charge on any atom is 0.253 e. The first kappa shape index (κ1) is 19.6. The standard InChI is InChI=1S/C24H25N3O4/c1-3-15-10-16(11-17-14-25-26-22(15)17)23(29)27-8-6-24(7-9-27)13-20(28)19-12-18(30-2)4-5-21(19)31-24/h4-5,10-12,14H,3,6-9,13H2,1-2H3,(H,25,26). The predicted molar refractivity (Wildman–Crippen MR) is 116 cm³/mol. The van der Waals surface area contributed by atoms with E-state index in [1.807, 2.05) is 17.0 Å². The number of aromatic nitrogens is 2. The molecule has 2 aliphatic heterocycles. The molecule has 1 N–H and O–H groups in total. The highest BCUT2D eigenvalue weighted by molar-refractivity contribution is 6.01. The van der Waals surface area contributed by atoms with Gasteiger partial charge in [0.15, 0.2) is 5.78 Å². The average Bonchev–Trinajstić information content (AvgIpc) is 3.27. The molecule has 5 rings (SSSR count). The number of aromatic amines is 1. The number of piperidine rings is 1. The second kappa shape index (κ2) is 7.41. The number of carbonyl (C=O) groups is 2. The van der Waals surface area contributed by atoms with Gasteiger partial charge in [-0.25, -0.2) is 0 Å². The zero-order valence-electron chi connectivity index (χ0n) is 17.7. The molecular weight excluding hydrogens is 394 g/mol. The molecule has 0 atom stereocenters. The Morgan fingerprint density at radius 1 is 1.26 bits per heavy atom. The minimum atomic E-state index is -0.543. The Labute approximate surface area is 180 Å². The summed E-state index contributed by atoms with van der Waals surface area (Å²) in [5, 5.41) is 8.07. The molecule has 0 aliphatic carbocycles. The van der Waals surface area contributed by atoms with Gasteiger partial charge in [-0.1, -0.05) is 6.92 Å². The Hall–Kier alpha value is -3.35. The van der Waals surface area contributed by atoms with E-state index in [1.165, 1.54) is 0 Å². The molecule has 160 valence electrons. The third kappa shape index (κ3) is 3.34. The lowest BCUT2D eigenvalue weighted by molar-refractivity contribution is -0.00576. The van der Waals surface area contributed by atoms with Crippen LogP contribution in [0, 0.1) is 0 Å². The molecule has 7 nitrogen and oxygen atoms in total. The van der Waals surface area contributed by atoms with Crippen LogP contribution in [0.4, 0.5) is 0 Å². The first-order chi connectivity index (χ1) is 15.0. The molecule has 0 unspecified atom stereocenters. The number of nitrogens with zero attached hydrogens (tertiary/aromatic N) is 2. The Morgan fingerprint density at radius 3 is 2.81 bits per heavy atom. The van der Waals surface area contributed by atoms with Gasteiger partial charge in [0, 0.05) is 36.9 Å². The van der Waals surface area contributed by atoms with E-state index in [0.29, 0.717) is 55.0 Å². The third-order valence-electron chi connectivity index (χ3n) is 6.52. The van der Waals surface area contributed by atoms with Gasteiger partial charge in [0.2, 0.25) is 0 Å². The molecule has 1 amide bonds. The minimum absolute atomic E-state index is 0.0138. The summed E-state index contributed by atoms with van der Waals surface area (Å²) in [5.74, 6) is 1.33. The number of carbonyl (C=O) groups excluding carboxylic acids is 2. The van der Waals surface area contributed by atoms with E-state index in [2.05, 4.69) is 17.1 Å². The molecule has 0 saturated carbocycles. The van der Waals surface area contributed by atoms with Crippen molar-refractivity contribution in [2.75, 3.05) is 20.2 Å². The summed E-state index contributed by atoms with van der Waals surface area (Å²) in [5.41, 5.74) is 2.78. The zero-order chi connectivity index (χ0) is 21.6. The maximum absolute atomic E-state index is 13.2. The van der Waals surface area contributed by atoms with E-state index in [1.54, 1.807) is 31.5 Å². The summed E-state index contributed by atoms with van der Waals surface area (Å²) in [7, 11) is 1.58. The van der Waals surface area contributed by atoms with E-state index < -0.39 is 5.60 Å². The number of amides is 1. The van der Waals surface area contributed by atoms with E-state index in [9.17, 15) is 9.59 Å². The number of ether oxygens (including phenoxy) is 2. The number of ketones is 1. The summed E-state index contributed by atoms with van der Waals surface area (Å²) in [6.45, 7) is 3.18. The highest BCUT2D eigenvalue weighted by Crippen LogP contribution is 2.40. The summed E-state index contributed by atoms with van der Waals surface area (Å²) in [6.07, 6.45) is 4.17. The highest BCUT2D eigenvalue weighted by atomic mass is 16.5. The van der Waals surface area contributed by atoms with Crippen molar-refractivity contribution in [3.05, 3.63) is 53.2 Å². The molecule has 31 heavy (non-hydrogen) atoms. The average molecular weight is 419 g/mol. The van der Waals surface area contributed by atoms with Crippen LogP contribution in [0.25, 0.3) is 10.9 Å². The Balaban J connectivity index is 1.33. The molecule has 0 bridgehead atoms. The van der Waals surface area contributed by atoms with Crippen LogP contribution in [0.5, 0.6) is 11.5 Å². The zero-order valence-corrected chi connectivity index (χ0v) is 17.7. The van der Waals surface area contributed by atoms with Crippen molar-refractivity contribution in [1.82, 2.24) is 15.1 Å². The highest BCUT2D eigenvalue weighted by Gasteiger charge is 2.43. The summed E-state index contributed by atoms with van der Waals surface area (Å²) >= 11 is 0. The van der Waals surface area contributed by atoms with Crippen LogP contribution < -0.4 is 9.47 Å². The van der Waals surface area contributed by atoms with Crippen LogP contribution in [0.2, 0.25) is 0 Å². The molecule has 1 fully saturated rings. The fraction of sp³-hybridized carbons (Fsp3) is 0.375. The van der Waals surface area contributed by atoms with Gasteiger partial charge >= 0.3 is 0 Å². The maximum atomic E-state index is 13.2. The van der Waals surface area contributed by atoms with E-state index in [0.717, 1.165) is 22.9 Å². The van der Waals surface area contributed by atoms with Crippen molar-refractivity contribution in [2.45, 2.75) is 38.2 Å². The van der Waals surface area contributed by atoms with Gasteiger partial charge < -0.3 is 14.4 Å². The number of benzene rings is 2. The lowest BCUT2D eigenvalue weighted by Gasteiger charge is -2.44. The lowest BCUT2D eigenvalue weighted by atomic mass is 9.82. The normalized spacial score (nSPS) is 17.5. The molecule has 1 aromatic heterocycles. The van der Waals surface area contributed by atoms with Gasteiger partial charge in [-0.05, 0) is 42.3 Å². The largest absolute Gasteiger partial charge is 0.497 e. The van der Waals surface area contributed by atoms with Gasteiger partial charge in [-0.15, -0.1) is 0 Å². The Morgan fingerprint density at radius 2 is 2.06 bits per heavy atom. The minimum Gasteiger partial charge on any atom is -0.497 e. The first-order valence-corrected chi connectivity index (χ1v) is 10.7. The molecule has 1 spiro atoms. The third-order valence-corrected chi connectivity index (χ3v) is 6.52. The molecule has 0 radical (unpaired) electrons. The fourth-order valence-corrected chi connectivity index (χ4v) is 4.71. The Bertz CT molecular complexity index is 1170. The van der Waals surface area contributed by atoms with Crippen LogP contribution >= 0.6 is 0 Å².